The number of piperazine rings is 1. The highest BCUT2D eigenvalue weighted by Gasteiger charge is 2.21. The molecule has 0 aliphatic carbocycles. The number of carbonyl (C=O) groups excluding carboxylic acids is 1. The van der Waals surface area contributed by atoms with Crippen molar-refractivity contribution in [2.45, 2.75) is 12.5 Å². The molecule has 0 radical (unpaired) electrons. The zero-order chi connectivity index (χ0) is 16.6. The quantitative estimate of drug-likeness (QED) is 0.656. The highest BCUT2D eigenvalue weighted by Crippen LogP contribution is 2.15. The highest BCUT2D eigenvalue weighted by molar-refractivity contribution is 5.86. The first-order valence-corrected chi connectivity index (χ1v) is 8.95. The Labute approximate surface area is 180 Å². The maximum atomic E-state index is 12.0. The van der Waals surface area contributed by atoms with E-state index in [4.69, 9.17) is 4.74 Å². The maximum Gasteiger partial charge on any atom is 0.250 e. The number of rotatable bonds is 6. The summed E-state index contributed by atoms with van der Waals surface area (Å²) in [6, 6.07) is 10.6. The van der Waals surface area contributed by atoms with E-state index in [0.29, 0.717) is 13.2 Å². The molecule has 2 aliphatic heterocycles. The first-order chi connectivity index (χ1) is 11.8. The van der Waals surface area contributed by atoms with Crippen molar-refractivity contribution in [3.63, 3.8) is 0 Å². The molecule has 2 fully saturated rings. The van der Waals surface area contributed by atoms with Crippen molar-refractivity contribution >= 4 is 48.8 Å². The molecule has 6 nitrogen and oxygen atoms in total. The van der Waals surface area contributed by atoms with Crippen LogP contribution in [0.1, 0.15) is 6.42 Å². The van der Waals surface area contributed by atoms with Crippen LogP contribution in [-0.4, -0.2) is 75.9 Å². The summed E-state index contributed by atoms with van der Waals surface area (Å²) in [7, 11) is 0. The molecule has 1 amide bonds. The van der Waals surface area contributed by atoms with Gasteiger partial charge >= 0.3 is 0 Å². The van der Waals surface area contributed by atoms with E-state index in [1.54, 1.807) is 0 Å². The van der Waals surface area contributed by atoms with Gasteiger partial charge in [0.1, 0.15) is 6.10 Å². The molecule has 0 aromatic heterocycles. The summed E-state index contributed by atoms with van der Waals surface area (Å²) in [6.45, 7) is 8.12. The van der Waals surface area contributed by atoms with Crippen LogP contribution in [0, 0.1) is 0 Å². The molecule has 27 heavy (non-hydrogen) atoms. The first-order valence-electron chi connectivity index (χ1n) is 8.95. The maximum absolute atomic E-state index is 12.0. The number of hydrogen-bond acceptors (Lipinski definition) is 5. The number of para-hydroxylation sites is 1. The van der Waals surface area contributed by atoms with Crippen LogP contribution in [-0.2, 0) is 9.53 Å². The average molecular weight is 442 g/mol. The number of nitrogens with zero attached hydrogens (tertiary/aromatic N) is 2. The second kappa shape index (κ2) is 14.3. The molecule has 2 saturated heterocycles. The van der Waals surface area contributed by atoms with E-state index in [1.807, 2.05) is 0 Å². The minimum Gasteiger partial charge on any atom is -0.369 e. The van der Waals surface area contributed by atoms with Gasteiger partial charge < -0.3 is 20.3 Å². The van der Waals surface area contributed by atoms with E-state index < -0.39 is 0 Å². The van der Waals surface area contributed by atoms with E-state index in [-0.39, 0.29) is 49.2 Å². The molecule has 1 aromatic carbocycles. The second-order valence-corrected chi connectivity index (χ2v) is 6.37. The molecule has 0 saturated carbocycles. The second-order valence-electron chi connectivity index (χ2n) is 6.37. The van der Waals surface area contributed by atoms with Crippen molar-refractivity contribution in [1.82, 2.24) is 15.5 Å². The predicted octanol–water partition coefficient (Wildman–Crippen LogP) is 1.57. The summed E-state index contributed by atoms with van der Waals surface area (Å²) in [4.78, 5) is 16.9. The normalized spacial score (nSPS) is 19.9. The van der Waals surface area contributed by atoms with Crippen molar-refractivity contribution < 1.29 is 9.53 Å². The molecule has 1 unspecified atom stereocenters. The SMILES string of the molecule is Cl.Cl.Cl.O=C(NCCCN1CCN(c2ccccc2)CC1)C1CNCCO1. The third-order valence-corrected chi connectivity index (χ3v) is 4.66. The van der Waals surface area contributed by atoms with Gasteiger partial charge in [0, 0.05) is 51.5 Å². The molecule has 9 heteroatoms. The summed E-state index contributed by atoms with van der Waals surface area (Å²) in [5, 5.41) is 6.16. The van der Waals surface area contributed by atoms with Gasteiger partial charge in [0.15, 0.2) is 0 Å². The zero-order valence-electron chi connectivity index (χ0n) is 15.5. The lowest BCUT2D eigenvalue weighted by Gasteiger charge is -2.36. The van der Waals surface area contributed by atoms with Crippen LogP contribution < -0.4 is 15.5 Å². The Hall–Kier alpha value is -0.760. The Bertz CT molecular complexity index is 511. The molecule has 156 valence electrons. The minimum atomic E-state index is -0.326. The summed E-state index contributed by atoms with van der Waals surface area (Å²) < 4.78 is 5.45. The van der Waals surface area contributed by atoms with Gasteiger partial charge in [0.2, 0.25) is 5.91 Å². The fourth-order valence-corrected chi connectivity index (χ4v) is 3.23. The van der Waals surface area contributed by atoms with Gasteiger partial charge in [-0.3, -0.25) is 9.69 Å². The van der Waals surface area contributed by atoms with Crippen molar-refractivity contribution in [3.05, 3.63) is 30.3 Å². The smallest absolute Gasteiger partial charge is 0.250 e. The Balaban J connectivity index is 0.00000225. The highest BCUT2D eigenvalue weighted by atomic mass is 35.5. The number of hydrogen-bond donors (Lipinski definition) is 2. The van der Waals surface area contributed by atoms with Gasteiger partial charge in [-0.15, -0.1) is 37.2 Å². The van der Waals surface area contributed by atoms with Gasteiger partial charge in [-0.1, -0.05) is 18.2 Å². The lowest BCUT2D eigenvalue weighted by atomic mass is 10.2. The van der Waals surface area contributed by atoms with E-state index in [0.717, 1.165) is 52.2 Å². The number of ether oxygens (including phenoxy) is 1. The van der Waals surface area contributed by atoms with Crippen LogP contribution in [0.5, 0.6) is 0 Å². The largest absolute Gasteiger partial charge is 0.369 e. The fraction of sp³-hybridized carbons (Fsp3) is 0.611. The average Bonchev–Trinajstić information content (AvgIpc) is 2.67. The van der Waals surface area contributed by atoms with Crippen LogP contribution in [0.25, 0.3) is 0 Å². The molecule has 2 aliphatic rings. The molecule has 3 rings (SSSR count). The fourth-order valence-electron chi connectivity index (χ4n) is 3.23. The lowest BCUT2D eigenvalue weighted by Crippen LogP contribution is -2.49. The topological polar surface area (TPSA) is 56.8 Å². The molecule has 0 spiro atoms. The number of amides is 1. The molecule has 2 N–H and O–H groups in total. The zero-order valence-corrected chi connectivity index (χ0v) is 17.9. The Morgan fingerprint density at radius 2 is 1.81 bits per heavy atom. The van der Waals surface area contributed by atoms with Gasteiger partial charge in [-0.25, -0.2) is 0 Å². The van der Waals surface area contributed by atoms with Gasteiger partial charge in [0.25, 0.3) is 0 Å². The van der Waals surface area contributed by atoms with E-state index >= 15 is 0 Å². The number of carbonyl (C=O) groups is 1. The minimum absolute atomic E-state index is 0. The Morgan fingerprint density at radius 3 is 2.44 bits per heavy atom. The lowest BCUT2D eigenvalue weighted by molar-refractivity contribution is -0.134. The van der Waals surface area contributed by atoms with Gasteiger partial charge in [-0.05, 0) is 25.1 Å². The number of benzene rings is 1. The standard InChI is InChI=1S/C18H28N4O2.3ClH/c23-18(17-15-19-8-14-24-17)20-7-4-9-21-10-12-22(13-11-21)16-5-2-1-3-6-16;;;/h1-3,5-6,17,19H,4,7-15H2,(H,20,23);3*1H. The van der Waals surface area contributed by atoms with Crippen molar-refractivity contribution in [2.75, 3.05) is 63.9 Å². The van der Waals surface area contributed by atoms with E-state index in [9.17, 15) is 4.79 Å². The molecular formula is C18H31Cl3N4O2. The Morgan fingerprint density at radius 1 is 1.11 bits per heavy atom. The van der Waals surface area contributed by atoms with Crippen LogP contribution in [0.15, 0.2) is 30.3 Å². The number of anilines is 1. The van der Waals surface area contributed by atoms with Crippen molar-refractivity contribution in [1.29, 1.82) is 0 Å². The Kier molecular flexibility index (Phi) is 13.9. The molecule has 2 heterocycles. The molecule has 1 aromatic rings. The third kappa shape index (κ3) is 8.42. The van der Waals surface area contributed by atoms with Gasteiger partial charge in [-0.2, -0.15) is 0 Å². The van der Waals surface area contributed by atoms with Gasteiger partial charge in [0.05, 0.1) is 6.61 Å². The van der Waals surface area contributed by atoms with Crippen LogP contribution in [0.4, 0.5) is 5.69 Å². The predicted molar refractivity (Wildman–Crippen MR) is 117 cm³/mol. The third-order valence-electron chi connectivity index (χ3n) is 4.66. The van der Waals surface area contributed by atoms with Crippen molar-refractivity contribution in [2.24, 2.45) is 0 Å². The van der Waals surface area contributed by atoms with E-state index in [1.165, 1.54) is 5.69 Å². The van der Waals surface area contributed by atoms with Crippen LogP contribution >= 0.6 is 37.2 Å². The molecule has 0 bridgehead atoms. The summed E-state index contributed by atoms with van der Waals surface area (Å²) in [5.74, 6) is 0.0103. The monoisotopic (exact) mass is 440 g/mol. The number of halogens is 3. The number of nitrogens with one attached hydrogen (secondary N) is 2. The first kappa shape index (κ1) is 26.2. The van der Waals surface area contributed by atoms with Crippen LogP contribution in [0.3, 0.4) is 0 Å². The summed E-state index contributed by atoms with van der Waals surface area (Å²) >= 11 is 0. The van der Waals surface area contributed by atoms with Crippen LogP contribution in [0.2, 0.25) is 0 Å². The number of morpholine rings is 1. The molecular weight excluding hydrogens is 411 g/mol. The summed E-state index contributed by atoms with van der Waals surface area (Å²) in [6.07, 6.45) is 0.658. The summed E-state index contributed by atoms with van der Waals surface area (Å²) in [5.41, 5.74) is 1.31. The van der Waals surface area contributed by atoms with E-state index in [2.05, 4.69) is 50.8 Å². The van der Waals surface area contributed by atoms with Crippen molar-refractivity contribution in [3.8, 4) is 0 Å². The molecule has 1 atom stereocenters.